The van der Waals surface area contributed by atoms with Gasteiger partial charge in [0.05, 0.1) is 32.0 Å². The molecule has 0 saturated carbocycles. The van der Waals surface area contributed by atoms with E-state index in [4.69, 9.17) is 42.6 Å². The maximum Gasteiger partial charge on any atom is 0.128 e. The summed E-state index contributed by atoms with van der Waals surface area (Å²) in [6.45, 7) is 0. The van der Waals surface area contributed by atoms with Crippen LogP contribution in [0.5, 0.6) is 11.5 Å². The average molecular weight is 463 g/mol. The van der Waals surface area contributed by atoms with Gasteiger partial charge in [-0.1, -0.05) is 23.2 Å². The van der Waals surface area contributed by atoms with Crippen LogP contribution in [-0.2, 0) is 6.42 Å². The van der Waals surface area contributed by atoms with Crippen LogP contribution in [0.25, 0.3) is 22.5 Å². The predicted molar refractivity (Wildman–Crippen MR) is 121 cm³/mol. The zero-order valence-corrected chi connectivity index (χ0v) is 18.8. The second kappa shape index (κ2) is 8.71. The number of benzene rings is 2. The molecule has 0 aliphatic rings. The molecule has 29 heavy (non-hydrogen) atoms. The summed E-state index contributed by atoms with van der Waals surface area (Å²) in [5, 5.41) is 7.27. The third kappa shape index (κ3) is 4.41. The standard InChI is InChI=1S/C21H16Cl2N2O2S2/c1-26-18-5-3-12(22)7-14(18)16-10-28-20(24-16)9-21-25-17(11-29-21)15-8-13(23)4-6-19(15)27-2/h3-8,10-11H,9H2,1-2H3. The molecule has 4 rings (SSSR count). The third-order valence-electron chi connectivity index (χ3n) is 4.28. The molecule has 0 saturated heterocycles. The summed E-state index contributed by atoms with van der Waals surface area (Å²) in [5.41, 5.74) is 3.45. The van der Waals surface area contributed by atoms with E-state index in [-0.39, 0.29) is 0 Å². The first kappa shape index (κ1) is 20.2. The highest BCUT2D eigenvalue weighted by Crippen LogP contribution is 2.35. The van der Waals surface area contributed by atoms with Crippen molar-refractivity contribution in [3.8, 4) is 34.0 Å². The summed E-state index contributed by atoms with van der Waals surface area (Å²) in [6, 6.07) is 11.0. The van der Waals surface area contributed by atoms with Crippen molar-refractivity contribution in [3.63, 3.8) is 0 Å². The summed E-state index contributed by atoms with van der Waals surface area (Å²) >= 11 is 15.5. The number of halogens is 2. The van der Waals surface area contributed by atoms with Crippen molar-refractivity contribution in [2.24, 2.45) is 0 Å². The van der Waals surface area contributed by atoms with Crippen molar-refractivity contribution in [1.29, 1.82) is 0 Å². The van der Waals surface area contributed by atoms with E-state index in [0.717, 1.165) is 44.0 Å². The fraction of sp³-hybridized carbons (Fsp3) is 0.143. The fourth-order valence-corrected chi connectivity index (χ4v) is 4.95. The first-order valence-electron chi connectivity index (χ1n) is 8.64. The van der Waals surface area contributed by atoms with Crippen LogP contribution in [0.1, 0.15) is 10.0 Å². The number of methoxy groups -OCH3 is 2. The van der Waals surface area contributed by atoms with Gasteiger partial charge in [0, 0.05) is 31.9 Å². The van der Waals surface area contributed by atoms with E-state index in [1.54, 1.807) is 49.0 Å². The number of hydrogen-bond acceptors (Lipinski definition) is 6. The Hall–Kier alpha value is -2.12. The zero-order valence-electron chi connectivity index (χ0n) is 15.6. The lowest BCUT2D eigenvalue weighted by atomic mass is 10.1. The lowest BCUT2D eigenvalue weighted by Gasteiger charge is -2.06. The SMILES string of the molecule is COc1ccc(Cl)cc1-c1csc(Cc2nc(-c3cc(Cl)ccc3OC)cs2)n1. The minimum atomic E-state index is 0.649. The highest BCUT2D eigenvalue weighted by Gasteiger charge is 2.14. The fourth-order valence-electron chi connectivity index (χ4n) is 2.92. The van der Waals surface area contributed by atoms with Crippen LogP contribution < -0.4 is 9.47 Å². The van der Waals surface area contributed by atoms with Crippen molar-refractivity contribution in [2.45, 2.75) is 6.42 Å². The third-order valence-corrected chi connectivity index (χ3v) is 6.45. The molecule has 0 fully saturated rings. The molecule has 8 heteroatoms. The highest BCUT2D eigenvalue weighted by molar-refractivity contribution is 7.11. The second-order valence-corrected chi connectivity index (χ2v) is 8.88. The monoisotopic (exact) mass is 462 g/mol. The maximum absolute atomic E-state index is 6.15. The predicted octanol–water partition coefficient (Wildman–Crippen LogP) is 6.85. The Balaban J connectivity index is 1.58. The van der Waals surface area contributed by atoms with Gasteiger partial charge < -0.3 is 9.47 Å². The van der Waals surface area contributed by atoms with Gasteiger partial charge in [-0.25, -0.2) is 9.97 Å². The molecule has 2 heterocycles. The Morgan fingerprint density at radius 2 is 1.21 bits per heavy atom. The molecule has 0 N–H and O–H groups in total. The molecule has 0 aliphatic carbocycles. The maximum atomic E-state index is 6.15. The number of hydrogen-bond donors (Lipinski definition) is 0. The largest absolute Gasteiger partial charge is 0.496 e. The molecule has 4 aromatic rings. The van der Waals surface area contributed by atoms with Gasteiger partial charge in [0.2, 0.25) is 0 Å². The molecule has 0 bridgehead atoms. The summed E-state index contributed by atoms with van der Waals surface area (Å²) in [4.78, 5) is 9.51. The van der Waals surface area contributed by atoms with Crippen molar-refractivity contribution >= 4 is 45.9 Å². The van der Waals surface area contributed by atoms with Crippen molar-refractivity contribution in [1.82, 2.24) is 9.97 Å². The van der Waals surface area contributed by atoms with Crippen LogP contribution >= 0.6 is 45.9 Å². The Morgan fingerprint density at radius 1 is 0.759 bits per heavy atom. The molecule has 2 aromatic carbocycles. The topological polar surface area (TPSA) is 44.2 Å². The molecule has 0 radical (unpaired) electrons. The molecule has 0 unspecified atom stereocenters. The van der Waals surface area contributed by atoms with Gasteiger partial charge in [-0.15, -0.1) is 22.7 Å². The number of aromatic nitrogens is 2. The normalized spacial score (nSPS) is 10.9. The van der Waals surface area contributed by atoms with E-state index in [9.17, 15) is 0 Å². The molecule has 0 aliphatic heterocycles. The number of ether oxygens (including phenoxy) is 2. The summed E-state index contributed by atoms with van der Waals surface area (Å²) < 4.78 is 10.9. The molecular formula is C21H16Cl2N2O2S2. The van der Waals surface area contributed by atoms with Crippen molar-refractivity contribution in [2.75, 3.05) is 14.2 Å². The molecule has 4 nitrogen and oxygen atoms in total. The lowest BCUT2D eigenvalue weighted by Crippen LogP contribution is -1.91. The van der Waals surface area contributed by atoms with Gasteiger partial charge in [-0.05, 0) is 36.4 Å². The van der Waals surface area contributed by atoms with Gasteiger partial charge in [-0.2, -0.15) is 0 Å². The molecule has 0 amide bonds. The van der Waals surface area contributed by atoms with Crippen LogP contribution in [-0.4, -0.2) is 24.2 Å². The number of nitrogens with zero attached hydrogens (tertiary/aromatic N) is 2. The van der Waals surface area contributed by atoms with Gasteiger partial charge in [0.15, 0.2) is 0 Å². The van der Waals surface area contributed by atoms with Crippen molar-refractivity contribution < 1.29 is 9.47 Å². The minimum Gasteiger partial charge on any atom is -0.496 e. The summed E-state index contributed by atoms with van der Waals surface area (Å²) in [7, 11) is 3.28. The number of rotatable bonds is 6. The van der Waals surface area contributed by atoms with Gasteiger partial charge >= 0.3 is 0 Å². The van der Waals surface area contributed by atoms with E-state index in [1.807, 2.05) is 35.0 Å². The zero-order chi connectivity index (χ0) is 20.4. The second-order valence-electron chi connectivity index (χ2n) is 6.12. The average Bonchev–Trinajstić information content (AvgIpc) is 3.38. The molecule has 0 spiro atoms. The first-order valence-corrected chi connectivity index (χ1v) is 11.2. The molecule has 148 valence electrons. The summed E-state index contributed by atoms with van der Waals surface area (Å²) in [5.74, 6) is 1.49. The summed E-state index contributed by atoms with van der Waals surface area (Å²) in [6.07, 6.45) is 0.654. The van der Waals surface area contributed by atoms with Gasteiger partial charge in [0.1, 0.15) is 21.5 Å². The van der Waals surface area contributed by atoms with E-state index < -0.39 is 0 Å². The highest BCUT2D eigenvalue weighted by atomic mass is 35.5. The van der Waals surface area contributed by atoms with Crippen LogP contribution in [0.15, 0.2) is 47.2 Å². The Kier molecular flexibility index (Phi) is 6.06. The Bertz CT molecular complexity index is 1070. The number of thiazole rings is 2. The quantitative estimate of drug-likeness (QED) is 0.314. The van der Waals surface area contributed by atoms with E-state index in [0.29, 0.717) is 16.5 Å². The van der Waals surface area contributed by atoms with Gasteiger partial charge in [-0.3, -0.25) is 0 Å². The Morgan fingerprint density at radius 3 is 1.62 bits per heavy atom. The van der Waals surface area contributed by atoms with Crippen molar-refractivity contribution in [3.05, 3.63) is 67.2 Å². The smallest absolute Gasteiger partial charge is 0.128 e. The van der Waals surface area contributed by atoms with E-state index >= 15 is 0 Å². The van der Waals surface area contributed by atoms with Crippen LogP contribution in [0.3, 0.4) is 0 Å². The molecule has 2 aromatic heterocycles. The van der Waals surface area contributed by atoms with E-state index in [1.165, 1.54) is 0 Å². The van der Waals surface area contributed by atoms with Crippen LogP contribution in [0.4, 0.5) is 0 Å². The minimum absolute atomic E-state index is 0.649. The lowest BCUT2D eigenvalue weighted by molar-refractivity contribution is 0.416. The molecular weight excluding hydrogens is 447 g/mol. The van der Waals surface area contributed by atoms with E-state index in [2.05, 4.69) is 0 Å². The first-order chi connectivity index (χ1) is 14.1. The van der Waals surface area contributed by atoms with Crippen LogP contribution in [0, 0.1) is 0 Å². The van der Waals surface area contributed by atoms with Crippen LogP contribution in [0.2, 0.25) is 10.0 Å². The van der Waals surface area contributed by atoms with Gasteiger partial charge in [0.25, 0.3) is 0 Å². The molecule has 0 atom stereocenters. The Labute approximate surface area is 186 Å².